The third kappa shape index (κ3) is 2.82. The van der Waals surface area contributed by atoms with Gasteiger partial charge in [0, 0.05) is 0 Å². The van der Waals surface area contributed by atoms with Crippen LogP contribution in [-0.4, -0.2) is 11.2 Å². The fourth-order valence-electron chi connectivity index (χ4n) is 8.65. The van der Waals surface area contributed by atoms with Gasteiger partial charge in [0.25, 0.3) is 0 Å². The van der Waals surface area contributed by atoms with Crippen LogP contribution in [0.15, 0.2) is 0 Å². The second-order valence-electron chi connectivity index (χ2n) is 11.2. The second kappa shape index (κ2) is 6.54. The molecule has 4 fully saturated rings. The molecule has 1 heteroatoms. The second-order valence-corrected chi connectivity index (χ2v) is 11.2. The van der Waals surface area contributed by atoms with Gasteiger partial charge in [0.1, 0.15) is 0 Å². The summed E-state index contributed by atoms with van der Waals surface area (Å²) in [5.74, 6) is 5.62. The van der Waals surface area contributed by atoms with Crippen molar-refractivity contribution in [2.24, 2.45) is 46.3 Å². The number of aliphatic hydroxyl groups is 1. The van der Waals surface area contributed by atoms with E-state index in [9.17, 15) is 5.11 Å². The van der Waals surface area contributed by atoms with E-state index < -0.39 is 0 Å². The van der Waals surface area contributed by atoms with Crippen molar-refractivity contribution in [3.63, 3.8) is 0 Å². The molecule has 0 aromatic carbocycles. The van der Waals surface area contributed by atoms with Crippen LogP contribution in [-0.2, 0) is 0 Å². The third-order valence-corrected chi connectivity index (χ3v) is 10.1. The van der Waals surface area contributed by atoms with Crippen molar-refractivity contribution in [1.29, 1.82) is 0 Å². The molecule has 0 saturated heterocycles. The highest BCUT2D eigenvalue weighted by Gasteiger charge is 2.59. The van der Waals surface area contributed by atoms with Crippen molar-refractivity contribution in [2.75, 3.05) is 0 Å². The maximum atomic E-state index is 10.2. The molecule has 0 aromatic rings. The highest BCUT2D eigenvalue weighted by Crippen LogP contribution is 2.67. The van der Waals surface area contributed by atoms with E-state index in [1.165, 1.54) is 57.8 Å². The highest BCUT2D eigenvalue weighted by atomic mass is 16.3. The molecule has 4 aliphatic carbocycles. The lowest BCUT2D eigenvalue weighted by Crippen LogP contribution is -2.53. The molecule has 9 atom stereocenters. The first-order valence-corrected chi connectivity index (χ1v) is 11.6. The molecule has 1 N–H and O–H groups in total. The van der Waals surface area contributed by atoms with Crippen molar-refractivity contribution < 1.29 is 5.11 Å². The van der Waals surface area contributed by atoms with Crippen LogP contribution in [0.5, 0.6) is 0 Å². The predicted molar refractivity (Wildman–Crippen MR) is 105 cm³/mol. The fraction of sp³-hybridized carbons (Fsp3) is 1.00. The lowest BCUT2D eigenvalue weighted by Gasteiger charge is -2.61. The minimum Gasteiger partial charge on any atom is -0.393 e. The predicted octanol–water partition coefficient (Wildman–Crippen LogP) is 6.44. The summed E-state index contributed by atoms with van der Waals surface area (Å²) in [5, 5.41) is 10.2. The number of hydrogen-bond donors (Lipinski definition) is 1. The third-order valence-electron chi connectivity index (χ3n) is 10.1. The molecular weight excluding hydrogens is 304 g/mol. The lowest BCUT2D eigenvalue weighted by molar-refractivity contribution is -0.125. The van der Waals surface area contributed by atoms with Gasteiger partial charge in [-0.25, -0.2) is 0 Å². The molecule has 0 aromatic heterocycles. The van der Waals surface area contributed by atoms with Gasteiger partial charge < -0.3 is 5.11 Å². The summed E-state index contributed by atoms with van der Waals surface area (Å²) in [6.45, 7) is 10.2. The first-order valence-electron chi connectivity index (χ1n) is 11.6. The number of rotatable bonds is 3. The minimum absolute atomic E-state index is 0.00893. The Morgan fingerprint density at radius 3 is 2.44 bits per heavy atom. The van der Waals surface area contributed by atoms with Crippen LogP contribution in [0.2, 0.25) is 0 Å². The van der Waals surface area contributed by atoms with Crippen molar-refractivity contribution >= 4 is 0 Å². The Morgan fingerprint density at radius 2 is 1.68 bits per heavy atom. The van der Waals surface area contributed by atoms with E-state index >= 15 is 0 Å². The van der Waals surface area contributed by atoms with E-state index in [-0.39, 0.29) is 6.10 Å². The molecule has 0 radical (unpaired) electrons. The van der Waals surface area contributed by atoms with Crippen molar-refractivity contribution in [3.05, 3.63) is 0 Å². The van der Waals surface area contributed by atoms with Gasteiger partial charge in [-0.2, -0.15) is 0 Å². The van der Waals surface area contributed by atoms with Crippen LogP contribution in [0.25, 0.3) is 0 Å². The summed E-state index contributed by atoms with van der Waals surface area (Å²) < 4.78 is 0. The van der Waals surface area contributed by atoms with E-state index in [0.717, 1.165) is 48.3 Å². The molecule has 0 bridgehead atoms. The minimum atomic E-state index is -0.00893. The van der Waals surface area contributed by atoms with Gasteiger partial charge in [-0.15, -0.1) is 0 Å². The van der Waals surface area contributed by atoms with Gasteiger partial charge in [-0.3, -0.25) is 0 Å². The van der Waals surface area contributed by atoms with Crippen LogP contribution in [0.1, 0.15) is 98.3 Å². The zero-order valence-corrected chi connectivity index (χ0v) is 17.3. The summed E-state index contributed by atoms with van der Waals surface area (Å²) in [6, 6.07) is 0. The average Bonchev–Trinajstić information content (AvgIpc) is 2.91. The highest BCUT2D eigenvalue weighted by molar-refractivity contribution is 5.09. The van der Waals surface area contributed by atoms with E-state index in [1.807, 2.05) is 0 Å². The fourth-order valence-corrected chi connectivity index (χ4v) is 8.65. The molecule has 144 valence electrons. The zero-order valence-electron chi connectivity index (χ0n) is 17.3. The molecular formula is C24H42O. The summed E-state index contributed by atoms with van der Waals surface area (Å²) >= 11 is 0. The maximum absolute atomic E-state index is 10.2. The van der Waals surface area contributed by atoms with Crippen molar-refractivity contribution in [3.8, 4) is 0 Å². The first kappa shape index (κ1) is 18.3. The standard InChI is InChI=1S/C24H42O/c1-5-6-16(2)21-10-9-18-13-17-7-8-19-14-20(25)11-12-23(19,3)22(17)15-24(18,21)4/h16-22,25H,5-15H2,1-4H3/t16-,17+,18-,19-,20-,21-,22?,23+,24+/m1/s1. The van der Waals surface area contributed by atoms with Gasteiger partial charge in [0.15, 0.2) is 0 Å². The normalized spacial score (nSPS) is 53.6. The number of fused-ring (bicyclic) bond motifs is 4. The quantitative estimate of drug-likeness (QED) is 0.623. The average molecular weight is 347 g/mol. The van der Waals surface area contributed by atoms with Crippen LogP contribution in [0.4, 0.5) is 0 Å². The Hall–Kier alpha value is -0.0400. The smallest absolute Gasteiger partial charge is 0.0543 e. The topological polar surface area (TPSA) is 20.2 Å². The van der Waals surface area contributed by atoms with Gasteiger partial charge in [-0.05, 0) is 104 Å². The van der Waals surface area contributed by atoms with Gasteiger partial charge in [0.05, 0.1) is 6.10 Å². The van der Waals surface area contributed by atoms with Crippen LogP contribution in [0.3, 0.4) is 0 Å². The molecule has 0 heterocycles. The van der Waals surface area contributed by atoms with E-state index in [2.05, 4.69) is 27.7 Å². The molecule has 25 heavy (non-hydrogen) atoms. The largest absolute Gasteiger partial charge is 0.393 e. The van der Waals surface area contributed by atoms with E-state index in [4.69, 9.17) is 0 Å². The van der Waals surface area contributed by atoms with Crippen LogP contribution >= 0.6 is 0 Å². The molecule has 0 spiro atoms. The maximum Gasteiger partial charge on any atom is 0.0543 e. The molecule has 4 aliphatic rings. The summed E-state index contributed by atoms with van der Waals surface area (Å²) in [4.78, 5) is 0. The molecule has 0 amide bonds. The molecule has 1 unspecified atom stereocenters. The van der Waals surface area contributed by atoms with Gasteiger partial charge in [0.2, 0.25) is 0 Å². The first-order chi connectivity index (χ1) is 11.9. The Morgan fingerprint density at radius 1 is 0.960 bits per heavy atom. The summed E-state index contributed by atoms with van der Waals surface area (Å²) in [6.07, 6.45) is 15.1. The summed E-state index contributed by atoms with van der Waals surface area (Å²) in [5.41, 5.74) is 1.13. The molecule has 1 nitrogen and oxygen atoms in total. The van der Waals surface area contributed by atoms with E-state index in [1.54, 1.807) is 0 Å². The zero-order chi connectivity index (χ0) is 17.8. The SMILES string of the molecule is CCC[C@@H](C)[C@H]1CC[C@@H]2C[C@@H]3CC[C@@H]4C[C@H](O)CC[C@]4(C)C3C[C@@]21C. The number of hydrogen-bond acceptors (Lipinski definition) is 1. The van der Waals surface area contributed by atoms with E-state index in [0.29, 0.717) is 10.8 Å². The Kier molecular flexibility index (Phi) is 4.79. The molecule has 4 saturated carbocycles. The number of aliphatic hydroxyl groups excluding tert-OH is 1. The van der Waals surface area contributed by atoms with Gasteiger partial charge >= 0.3 is 0 Å². The van der Waals surface area contributed by atoms with Crippen molar-refractivity contribution in [1.82, 2.24) is 0 Å². The Labute approximate surface area is 156 Å². The van der Waals surface area contributed by atoms with Crippen LogP contribution in [0, 0.1) is 46.3 Å². The summed E-state index contributed by atoms with van der Waals surface area (Å²) in [7, 11) is 0. The Bertz CT molecular complexity index is 486. The van der Waals surface area contributed by atoms with Gasteiger partial charge in [-0.1, -0.05) is 40.5 Å². The lowest BCUT2D eigenvalue weighted by atomic mass is 9.44. The monoisotopic (exact) mass is 346 g/mol. The van der Waals surface area contributed by atoms with Crippen molar-refractivity contribution in [2.45, 2.75) is 104 Å². The molecule has 4 rings (SSSR count). The Balaban J connectivity index is 1.59. The molecule has 0 aliphatic heterocycles. The van der Waals surface area contributed by atoms with Crippen LogP contribution < -0.4 is 0 Å².